The molecule has 1 aromatic carbocycles. The summed E-state index contributed by atoms with van der Waals surface area (Å²) in [7, 11) is -3.56. The summed E-state index contributed by atoms with van der Waals surface area (Å²) in [5, 5.41) is 0. The van der Waals surface area contributed by atoms with E-state index in [1.165, 1.54) is 6.07 Å². The zero-order chi connectivity index (χ0) is 19.7. The Morgan fingerprint density at radius 1 is 1.11 bits per heavy atom. The minimum Gasteiger partial charge on any atom is -0.338 e. The van der Waals surface area contributed by atoms with Gasteiger partial charge in [-0.05, 0) is 42.9 Å². The van der Waals surface area contributed by atoms with E-state index in [1.807, 2.05) is 0 Å². The summed E-state index contributed by atoms with van der Waals surface area (Å²) in [4.78, 5) is 15.0. The first kappa shape index (κ1) is 20.3. The fraction of sp³-hybridized carbons (Fsp3) is 0.650. The van der Waals surface area contributed by atoms with Crippen LogP contribution in [0.25, 0.3) is 0 Å². The number of rotatable bonds is 3. The van der Waals surface area contributed by atoms with Crippen molar-refractivity contribution in [2.45, 2.75) is 56.9 Å². The van der Waals surface area contributed by atoms with Crippen LogP contribution in [0.5, 0.6) is 0 Å². The number of likely N-dealkylation sites (tertiary alicyclic amines) is 1. The van der Waals surface area contributed by atoms with Gasteiger partial charge in [0.05, 0.1) is 4.90 Å². The van der Waals surface area contributed by atoms with Gasteiger partial charge in [0, 0.05) is 37.8 Å². The molecule has 150 valence electrons. The Kier molecular flexibility index (Phi) is 5.93. The van der Waals surface area contributed by atoms with E-state index in [0.29, 0.717) is 31.7 Å². The summed E-state index contributed by atoms with van der Waals surface area (Å²) < 4.78 is 27.6. The third-order valence-electron chi connectivity index (χ3n) is 5.88. The van der Waals surface area contributed by atoms with Gasteiger partial charge in [-0.2, -0.15) is 4.31 Å². The van der Waals surface area contributed by atoms with Crippen LogP contribution in [-0.4, -0.2) is 55.8 Å². The molecule has 0 aromatic heterocycles. The van der Waals surface area contributed by atoms with Gasteiger partial charge in [0.2, 0.25) is 10.0 Å². The van der Waals surface area contributed by atoms with Gasteiger partial charge in [0.15, 0.2) is 0 Å². The van der Waals surface area contributed by atoms with E-state index in [1.54, 1.807) is 27.4 Å². The molecule has 2 saturated heterocycles. The maximum atomic E-state index is 13.0. The second-order valence-electron chi connectivity index (χ2n) is 8.46. The lowest BCUT2D eigenvalue weighted by Crippen LogP contribution is -2.54. The van der Waals surface area contributed by atoms with Crippen molar-refractivity contribution in [3.05, 3.63) is 29.8 Å². The Labute approximate surface area is 162 Å². The predicted octanol–water partition coefficient (Wildman–Crippen LogP) is 2.45. The zero-order valence-electron chi connectivity index (χ0n) is 16.4. The van der Waals surface area contributed by atoms with Gasteiger partial charge in [0.25, 0.3) is 5.91 Å². The highest BCUT2D eigenvalue weighted by atomic mass is 32.2. The number of hydrogen-bond acceptors (Lipinski definition) is 4. The van der Waals surface area contributed by atoms with Gasteiger partial charge in [-0.1, -0.05) is 32.8 Å². The van der Waals surface area contributed by atoms with E-state index in [2.05, 4.69) is 13.8 Å². The second-order valence-corrected chi connectivity index (χ2v) is 10.4. The number of amides is 1. The van der Waals surface area contributed by atoms with Gasteiger partial charge in [-0.25, -0.2) is 8.42 Å². The molecule has 1 amide bonds. The summed E-state index contributed by atoms with van der Waals surface area (Å²) in [6, 6.07) is 6.55. The number of benzene rings is 1. The quantitative estimate of drug-likeness (QED) is 0.855. The van der Waals surface area contributed by atoms with Crippen molar-refractivity contribution in [2.75, 3.05) is 26.2 Å². The number of piperidine rings is 1. The van der Waals surface area contributed by atoms with Gasteiger partial charge in [0.1, 0.15) is 0 Å². The molecule has 3 rings (SSSR count). The first-order valence-corrected chi connectivity index (χ1v) is 11.3. The van der Waals surface area contributed by atoms with Crippen LogP contribution in [0.1, 0.15) is 56.3 Å². The van der Waals surface area contributed by atoms with Gasteiger partial charge >= 0.3 is 0 Å². The highest BCUT2D eigenvalue weighted by molar-refractivity contribution is 7.89. The number of nitrogens with zero attached hydrogens (tertiary/aromatic N) is 2. The number of carbonyl (C=O) groups is 1. The maximum absolute atomic E-state index is 13.0. The molecule has 0 saturated carbocycles. The van der Waals surface area contributed by atoms with E-state index < -0.39 is 10.0 Å². The van der Waals surface area contributed by atoms with Crippen LogP contribution in [0.2, 0.25) is 0 Å². The first-order valence-electron chi connectivity index (χ1n) is 9.87. The van der Waals surface area contributed by atoms with Crippen molar-refractivity contribution in [1.82, 2.24) is 9.21 Å². The van der Waals surface area contributed by atoms with Gasteiger partial charge < -0.3 is 10.6 Å². The normalized spacial score (nSPS) is 24.4. The average molecular weight is 394 g/mol. The van der Waals surface area contributed by atoms with Crippen molar-refractivity contribution in [3.63, 3.8) is 0 Å². The van der Waals surface area contributed by atoms with Crippen molar-refractivity contribution in [3.8, 4) is 0 Å². The number of hydrogen-bond donors (Lipinski definition) is 1. The number of sulfonamides is 1. The zero-order valence-corrected chi connectivity index (χ0v) is 17.2. The molecule has 0 radical (unpaired) electrons. The molecule has 2 N–H and O–H groups in total. The Morgan fingerprint density at radius 3 is 2.41 bits per heavy atom. The second kappa shape index (κ2) is 7.89. The highest BCUT2D eigenvalue weighted by Gasteiger charge is 2.36. The molecule has 0 aliphatic carbocycles. The van der Waals surface area contributed by atoms with Crippen molar-refractivity contribution >= 4 is 15.9 Å². The number of nitrogens with two attached hydrogens (primary N) is 1. The van der Waals surface area contributed by atoms with E-state index in [9.17, 15) is 13.2 Å². The molecule has 1 atom stereocenters. The molecule has 6 nitrogen and oxygen atoms in total. The van der Waals surface area contributed by atoms with Crippen molar-refractivity contribution in [2.24, 2.45) is 11.1 Å². The Bertz CT molecular complexity index is 783. The third-order valence-corrected chi connectivity index (χ3v) is 7.78. The van der Waals surface area contributed by atoms with E-state index in [0.717, 1.165) is 32.1 Å². The Hall–Kier alpha value is -1.44. The molecule has 2 fully saturated rings. The molecular formula is C20H31N3O3S. The molecule has 1 aromatic rings. The van der Waals surface area contributed by atoms with Crippen LogP contribution in [0.15, 0.2) is 29.2 Å². The summed E-state index contributed by atoms with van der Waals surface area (Å²) in [6.45, 7) is 6.43. The molecular weight excluding hydrogens is 362 g/mol. The van der Waals surface area contributed by atoms with Gasteiger partial charge in [-0.3, -0.25) is 4.79 Å². The molecule has 7 heteroatoms. The van der Waals surface area contributed by atoms with Crippen LogP contribution < -0.4 is 5.73 Å². The van der Waals surface area contributed by atoms with Crippen LogP contribution >= 0.6 is 0 Å². The van der Waals surface area contributed by atoms with Crippen molar-refractivity contribution in [1.29, 1.82) is 0 Å². The van der Waals surface area contributed by atoms with Crippen LogP contribution in [0.3, 0.4) is 0 Å². The molecule has 1 unspecified atom stereocenters. The lowest BCUT2D eigenvalue weighted by molar-refractivity contribution is 0.0532. The predicted molar refractivity (Wildman–Crippen MR) is 106 cm³/mol. The maximum Gasteiger partial charge on any atom is 0.253 e. The molecule has 0 bridgehead atoms. The first-order chi connectivity index (χ1) is 12.7. The summed E-state index contributed by atoms with van der Waals surface area (Å²) in [5.41, 5.74) is 6.45. The smallest absolute Gasteiger partial charge is 0.253 e. The Balaban J connectivity index is 1.82. The molecule has 27 heavy (non-hydrogen) atoms. The third kappa shape index (κ3) is 4.36. The standard InChI is InChI=1S/C20H31N3O3S/c1-20(2)15-22(13-10-18(20)21)19(24)16-8-7-9-17(14-16)27(25,26)23-11-5-3-4-6-12-23/h7-9,14,18H,3-6,10-13,15,21H2,1-2H3. The number of carbonyl (C=O) groups excluding carboxylic acids is 1. The van der Waals surface area contributed by atoms with E-state index >= 15 is 0 Å². The summed E-state index contributed by atoms with van der Waals surface area (Å²) in [6.07, 6.45) is 4.67. The minimum atomic E-state index is -3.56. The summed E-state index contributed by atoms with van der Waals surface area (Å²) >= 11 is 0. The van der Waals surface area contributed by atoms with Crippen LogP contribution in [0, 0.1) is 5.41 Å². The van der Waals surface area contributed by atoms with Gasteiger partial charge in [-0.15, -0.1) is 0 Å². The fourth-order valence-corrected chi connectivity index (χ4v) is 5.51. The van der Waals surface area contributed by atoms with Crippen LogP contribution in [-0.2, 0) is 10.0 Å². The monoisotopic (exact) mass is 393 g/mol. The average Bonchev–Trinajstić information content (AvgIpc) is 2.93. The molecule has 2 heterocycles. The molecule has 2 aliphatic heterocycles. The lowest BCUT2D eigenvalue weighted by atomic mass is 9.79. The largest absolute Gasteiger partial charge is 0.338 e. The molecule has 2 aliphatic rings. The Morgan fingerprint density at radius 2 is 1.78 bits per heavy atom. The molecule has 0 spiro atoms. The fourth-order valence-electron chi connectivity index (χ4n) is 3.95. The van der Waals surface area contributed by atoms with E-state index in [-0.39, 0.29) is 22.3 Å². The minimum absolute atomic E-state index is 0.0660. The summed E-state index contributed by atoms with van der Waals surface area (Å²) in [5.74, 6) is -0.122. The van der Waals surface area contributed by atoms with Crippen LogP contribution in [0.4, 0.5) is 0 Å². The lowest BCUT2D eigenvalue weighted by Gasteiger charge is -2.42. The van der Waals surface area contributed by atoms with Crippen molar-refractivity contribution < 1.29 is 13.2 Å². The SMILES string of the molecule is CC1(C)CN(C(=O)c2cccc(S(=O)(=O)N3CCCCCC3)c2)CCC1N. The highest BCUT2D eigenvalue weighted by Crippen LogP contribution is 2.29. The topological polar surface area (TPSA) is 83.7 Å². The van der Waals surface area contributed by atoms with E-state index in [4.69, 9.17) is 5.73 Å².